The molecule has 0 radical (unpaired) electrons. The number of rotatable bonds is 4. The second-order valence-corrected chi connectivity index (χ2v) is 14.7. The molecular formula is C53H33N3. The van der Waals surface area contributed by atoms with Crippen molar-refractivity contribution in [1.82, 2.24) is 14.1 Å². The highest BCUT2D eigenvalue weighted by atomic mass is 15.0. The average molecular weight is 712 g/mol. The first-order chi connectivity index (χ1) is 27.8. The molecular weight excluding hydrogens is 679 g/mol. The summed E-state index contributed by atoms with van der Waals surface area (Å²) in [5.74, 6) is 0. The summed E-state index contributed by atoms with van der Waals surface area (Å²) in [4.78, 5) is 5.03. The minimum absolute atomic E-state index is 0.955. The summed E-state index contributed by atoms with van der Waals surface area (Å²) < 4.78 is 4.84. The van der Waals surface area contributed by atoms with Gasteiger partial charge in [-0.05, 0) is 110 Å². The third-order valence-electron chi connectivity index (χ3n) is 11.7. The van der Waals surface area contributed by atoms with Gasteiger partial charge in [0.05, 0.1) is 27.8 Å². The first-order valence-corrected chi connectivity index (χ1v) is 19.2. The van der Waals surface area contributed by atoms with E-state index in [1.54, 1.807) is 0 Å². The molecule has 0 spiro atoms. The summed E-state index contributed by atoms with van der Waals surface area (Å²) in [5, 5.41) is 12.2. The maximum Gasteiger partial charge on any atom is 0.0714 e. The monoisotopic (exact) mass is 711 g/mol. The molecule has 12 rings (SSSR count). The van der Waals surface area contributed by atoms with E-state index in [2.05, 4.69) is 197 Å². The van der Waals surface area contributed by atoms with Crippen LogP contribution in [0.1, 0.15) is 0 Å². The largest absolute Gasteiger partial charge is 0.309 e. The van der Waals surface area contributed by atoms with E-state index in [0.717, 1.165) is 22.6 Å². The number of hydrogen-bond acceptors (Lipinski definition) is 1. The normalized spacial score (nSPS) is 11.9. The standard InChI is InChI=1S/C53H33N3/c1-2-14-35-31-36(25-24-34(35)13-1)52-43-28-26-38(56-50-22-9-5-17-41(50)42-18-6-10-23-51(42)56)33-46(43)53(47-19-11-12-30-54-47)44-29-27-37(32-45(44)52)55-48-20-7-3-15-39(48)40-16-4-8-21-49(40)55/h1-33H. The van der Waals surface area contributed by atoms with E-state index < -0.39 is 0 Å². The van der Waals surface area contributed by atoms with Crippen LogP contribution in [0.15, 0.2) is 200 Å². The van der Waals surface area contributed by atoms with Crippen LogP contribution in [0, 0.1) is 0 Å². The molecule has 0 atom stereocenters. The molecule has 0 amide bonds. The van der Waals surface area contributed by atoms with Crippen molar-refractivity contribution in [3.63, 3.8) is 0 Å². The fourth-order valence-corrected chi connectivity index (χ4v) is 9.33. The summed E-state index contributed by atoms with van der Waals surface area (Å²) in [6.07, 6.45) is 1.91. The fourth-order valence-electron chi connectivity index (χ4n) is 9.33. The molecule has 12 aromatic rings. The van der Waals surface area contributed by atoms with Crippen molar-refractivity contribution in [3.8, 4) is 33.8 Å². The van der Waals surface area contributed by atoms with Gasteiger partial charge in [0.15, 0.2) is 0 Å². The molecule has 9 aromatic carbocycles. The first kappa shape index (κ1) is 30.9. The quantitative estimate of drug-likeness (QED) is 0.167. The molecule has 3 nitrogen and oxygen atoms in total. The lowest BCUT2D eigenvalue weighted by Gasteiger charge is -2.20. The Balaban J connectivity index is 1.24. The van der Waals surface area contributed by atoms with Crippen molar-refractivity contribution < 1.29 is 0 Å². The number of para-hydroxylation sites is 4. The molecule has 260 valence electrons. The van der Waals surface area contributed by atoms with Gasteiger partial charge in [-0.2, -0.15) is 0 Å². The van der Waals surface area contributed by atoms with E-state index in [9.17, 15) is 0 Å². The summed E-state index contributed by atoms with van der Waals surface area (Å²) >= 11 is 0. The van der Waals surface area contributed by atoms with Gasteiger partial charge in [0, 0.05) is 44.7 Å². The number of hydrogen-bond donors (Lipinski definition) is 0. The molecule has 0 N–H and O–H groups in total. The van der Waals surface area contributed by atoms with Gasteiger partial charge in [0.2, 0.25) is 0 Å². The molecule has 0 aliphatic rings. The molecule has 0 aliphatic carbocycles. The van der Waals surface area contributed by atoms with Crippen LogP contribution in [0.5, 0.6) is 0 Å². The highest BCUT2D eigenvalue weighted by Gasteiger charge is 2.21. The van der Waals surface area contributed by atoms with Gasteiger partial charge in [-0.1, -0.05) is 127 Å². The van der Waals surface area contributed by atoms with E-state index in [1.807, 2.05) is 12.3 Å². The molecule has 56 heavy (non-hydrogen) atoms. The maximum absolute atomic E-state index is 5.03. The summed E-state index contributed by atoms with van der Waals surface area (Å²) in [6.45, 7) is 0. The number of aromatic nitrogens is 3. The Kier molecular flexibility index (Phi) is 6.63. The molecule has 0 unspecified atom stereocenters. The van der Waals surface area contributed by atoms with Crippen molar-refractivity contribution in [2.24, 2.45) is 0 Å². The molecule has 0 bridgehead atoms. The van der Waals surface area contributed by atoms with Crippen molar-refractivity contribution in [2.75, 3.05) is 0 Å². The lowest BCUT2D eigenvalue weighted by molar-refractivity contribution is 1.18. The van der Waals surface area contributed by atoms with Crippen LogP contribution in [0.4, 0.5) is 0 Å². The van der Waals surface area contributed by atoms with E-state index in [4.69, 9.17) is 4.98 Å². The zero-order chi connectivity index (χ0) is 36.7. The van der Waals surface area contributed by atoms with Gasteiger partial charge in [0.1, 0.15) is 0 Å². The molecule has 0 saturated heterocycles. The number of benzene rings is 9. The second-order valence-electron chi connectivity index (χ2n) is 14.7. The van der Waals surface area contributed by atoms with Crippen LogP contribution in [-0.2, 0) is 0 Å². The van der Waals surface area contributed by atoms with E-state index in [-0.39, 0.29) is 0 Å². The Morgan fingerprint density at radius 1 is 0.304 bits per heavy atom. The SMILES string of the molecule is c1ccc(-c2c3ccc(-n4c5ccccc5c5ccccc54)cc3c(-c3ccc4ccccc4c3)c3ccc(-n4c5ccccc5c5ccccc54)cc23)nc1. The minimum atomic E-state index is 0.955. The third-order valence-corrected chi connectivity index (χ3v) is 11.7. The lowest BCUT2D eigenvalue weighted by atomic mass is 9.86. The molecule has 0 saturated carbocycles. The van der Waals surface area contributed by atoms with Crippen molar-refractivity contribution in [3.05, 3.63) is 200 Å². The molecule has 3 aromatic heterocycles. The van der Waals surface area contributed by atoms with Crippen LogP contribution in [0.25, 0.3) is 110 Å². The zero-order valence-electron chi connectivity index (χ0n) is 30.4. The Morgan fingerprint density at radius 2 is 0.768 bits per heavy atom. The van der Waals surface area contributed by atoms with Crippen molar-refractivity contribution in [2.45, 2.75) is 0 Å². The number of pyridine rings is 1. The van der Waals surface area contributed by atoms with E-state index >= 15 is 0 Å². The Hall–Kier alpha value is -7.49. The molecule has 0 fully saturated rings. The van der Waals surface area contributed by atoms with Crippen molar-refractivity contribution in [1.29, 1.82) is 0 Å². The second kappa shape index (κ2) is 12.0. The topological polar surface area (TPSA) is 22.8 Å². The average Bonchev–Trinajstić information content (AvgIpc) is 3.78. The van der Waals surface area contributed by atoms with Gasteiger partial charge < -0.3 is 9.13 Å². The van der Waals surface area contributed by atoms with Gasteiger partial charge in [-0.3, -0.25) is 4.98 Å². The van der Waals surface area contributed by atoms with Gasteiger partial charge in [0.25, 0.3) is 0 Å². The fraction of sp³-hybridized carbons (Fsp3) is 0. The third kappa shape index (κ3) is 4.49. The summed E-state index contributed by atoms with van der Waals surface area (Å²) in [5.41, 5.74) is 11.5. The van der Waals surface area contributed by atoms with E-state index in [0.29, 0.717) is 0 Å². The summed E-state index contributed by atoms with van der Waals surface area (Å²) in [7, 11) is 0. The van der Waals surface area contributed by atoms with Crippen LogP contribution < -0.4 is 0 Å². The zero-order valence-corrected chi connectivity index (χ0v) is 30.4. The van der Waals surface area contributed by atoms with Gasteiger partial charge >= 0.3 is 0 Å². The first-order valence-electron chi connectivity index (χ1n) is 19.2. The number of fused-ring (bicyclic) bond motifs is 9. The van der Waals surface area contributed by atoms with Gasteiger partial charge in [-0.15, -0.1) is 0 Å². The maximum atomic E-state index is 5.03. The van der Waals surface area contributed by atoms with Crippen molar-refractivity contribution >= 4 is 75.9 Å². The molecule has 3 heteroatoms. The smallest absolute Gasteiger partial charge is 0.0714 e. The Morgan fingerprint density at radius 3 is 1.30 bits per heavy atom. The van der Waals surface area contributed by atoms with Crippen LogP contribution >= 0.6 is 0 Å². The highest BCUT2D eigenvalue weighted by molar-refractivity contribution is 6.22. The van der Waals surface area contributed by atoms with Crippen LogP contribution in [0.3, 0.4) is 0 Å². The predicted molar refractivity (Wildman–Crippen MR) is 236 cm³/mol. The van der Waals surface area contributed by atoms with Crippen LogP contribution in [0.2, 0.25) is 0 Å². The molecule has 0 aliphatic heterocycles. The number of nitrogens with zero attached hydrogens (tertiary/aromatic N) is 3. The summed E-state index contributed by atoms with van der Waals surface area (Å²) in [6, 6.07) is 70.8. The van der Waals surface area contributed by atoms with Crippen LogP contribution in [-0.4, -0.2) is 14.1 Å². The lowest BCUT2D eigenvalue weighted by Crippen LogP contribution is -1.98. The Bertz CT molecular complexity index is 3430. The van der Waals surface area contributed by atoms with E-state index in [1.165, 1.54) is 87.1 Å². The highest BCUT2D eigenvalue weighted by Crippen LogP contribution is 2.46. The Labute approximate surface area is 322 Å². The van der Waals surface area contributed by atoms with Gasteiger partial charge in [-0.25, -0.2) is 0 Å². The minimum Gasteiger partial charge on any atom is -0.309 e. The predicted octanol–water partition coefficient (Wildman–Crippen LogP) is 14.1. The molecule has 3 heterocycles.